The van der Waals surface area contributed by atoms with Crippen LogP contribution in [-0.4, -0.2) is 46.4 Å². The summed E-state index contributed by atoms with van der Waals surface area (Å²) in [7, 11) is 3.03. The Labute approximate surface area is 200 Å². The third kappa shape index (κ3) is 6.72. The zero-order valence-corrected chi connectivity index (χ0v) is 19.5. The van der Waals surface area contributed by atoms with Crippen LogP contribution in [0.25, 0.3) is 0 Å². The summed E-state index contributed by atoms with van der Waals surface area (Å²) in [6, 6.07) is 10.9. The van der Waals surface area contributed by atoms with Gasteiger partial charge in [0, 0.05) is 12.6 Å². The lowest BCUT2D eigenvalue weighted by Gasteiger charge is -2.13. The number of ether oxygens (including phenoxy) is 2. The van der Waals surface area contributed by atoms with Gasteiger partial charge in [-0.3, -0.25) is 9.59 Å². The van der Waals surface area contributed by atoms with Crippen molar-refractivity contribution >= 4 is 29.3 Å². The van der Waals surface area contributed by atoms with Crippen LogP contribution in [0, 0.1) is 5.82 Å². The number of thioether (sulfide) groups is 1. The highest BCUT2D eigenvalue weighted by molar-refractivity contribution is 7.99. The number of aliphatic hydroxyl groups excluding tert-OH is 1. The van der Waals surface area contributed by atoms with Crippen molar-refractivity contribution in [1.29, 1.82) is 0 Å². The fourth-order valence-corrected chi connectivity index (χ4v) is 3.82. The molecule has 1 aromatic heterocycles. The van der Waals surface area contributed by atoms with E-state index in [1.54, 1.807) is 34.9 Å². The second-order valence-corrected chi connectivity index (χ2v) is 8.03. The number of amides is 2. The second kappa shape index (κ2) is 12.1. The SMILES string of the molecule is COc1ccc(NC(=O)CSc2ncc(CO)n2CC(=O)NCc2ccc(F)cc2)c(OC)c1. The molecule has 0 spiro atoms. The quantitative estimate of drug-likeness (QED) is 0.356. The first-order valence-corrected chi connectivity index (χ1v) is 11.2. The average Bonchev–Trinajstić information content (AvgIpc) is 3.23. The van der Waals surface area contributed by atoms with E-state index in [9.17, 15) is 19.1 Å². The molecule has 0 aliphatic rings. The molecule has 0 aliphatic carbocycles. The maximum atomic E-state index is 13.0. The molecule has 3 N–H and O–H groups in total. The number of halogens is 1. The summed E-state index contributed by atoms with van der Waals surface area (Å²) < 4.78 is 25.0. The Balaban J connectivity index is 1.59. The number of nitrogens with zero attached hydrogens (tertiary/aromatic N) is 2. The van der Waals surface area contributed by atoms with E-state index >= 15 is 0 Å². The number of hydrogen-bond acceptors (Lipinski definition) is 7. The highest BCUT2D eigenvalue weighted by Crippen LogP contribution is 2.29. The smallest absolute Gasteiger partial charge is 0.240 e. The van der Waals surface area contributed by atoms with E-state index in [2.05, 4.69) is 15.6 Å². The molecular weight excluding hydrogens is 463 g/mol. The van der Waals surface area contributed by atoms with E-state index in [1.807, 2.05) is 0 Å². The number of nitrogens with one attached hydrogen (secondary N) is 2. The molecule has 1 heterocycles. The number of benzene rings is 2. The Morgan fingerprint density at radius 3 is 2.56 bits per heavy atom. The van der Waals surface area contributed by atoms with Gasteiger partial charge in [-0.05, 0) is 29.8 Å². The van der Waals surface area contributed by atoms with Crippen LogP contribution in [0.15, 0.2) is 53.8 Å². The zero-order valence-electron chi connectivity index (χ0n) is 18.7. The van der Waals surface area contributed by atoms with E-state index in [4.69, 9.17) is 9.47 Å². The van der Waals surface area contributed by atoms with Crippen LogP contribution in [0.2, 0.25) is 0 Å². The summed E-state index contributed by atoms with van der Waals surface area (Å²) in [4.78, 5) is 29.2. The number of imidazole rings is 1. The van der Waals surface area contributed by atoms with Crippen LogP contribution in [-0.2, 0) is 29.3 Å². The first-order valence-electron chi connectivity index (χ1n) is 10.2. The number of methoxy groups -OCH3 is 2. The number of rotatable bonds is 11. The van der Waals surface area contributed by atoms with Gasteiger partial charge in [-0.2, -0.15) is 0 Å². The summed E-state index contributed by atoms with van der Waals surface area (Å²) >= 11 is 1.13. The molecule has 0 aliphatic heterocycles. The molecule has 11 heteroatoms. The molecule has 2 aromatic carbocycles. The molecule has 0 atom stereocenters. The predicted octanol–water partition coefficient (Wildman–Crippen LogP) is 2.58. The van der Waals surface area contributed by atoms with Gasteiger partial charge >= 0.3 is 0 Å². The van der Waals surface area contributed by atoms with E-state index < -0.39 is 0 Å². The van der Waals surface area contributed by atoms with Crippen molar-refractivity contribution in [2.75, 3.05) is 25.3 Å². The summed E-state index contributed by atoms with van der Waals surface area (Å²) in [5, 5.41) is 15.5. The molecule has 0 radical (unpaired) electrons. The van der Waals surface area contributed by atoms with Crippen molar-refractivity contribution in [3.8, 4) is 11.5 Å². The van der Waals surface area contributed by atoms with Crippen molar-refractivity contribution in [2.24, 2.45) is 0 Å². The lowest BCUT2D eigenvalue weighted by Crippen LogP contribution is -2.28. The van der Waals surface area contributed by atoms with E-state index in [-0.39, 0.29) is 43.1 Å². The minimum Gasteiger partial charge on any atom is -0.497 e. The van der Waals surface area contributed by atoms with Crippen molar-refractivity contribution in [3.05, 3.63) is 65.7 Å². The Morgan fingerprint density at radius 2 is 1.88 bits per heavy atom. The van der Waals surface area contributed by atoms with Gasteiger partial charge in [-0.25, -0.2) is 9.37 Å². The highest BCUT2D eigenvalue weighted by atomic mass is 32.2. The number of aromatic nitrogens is 2. The molecule has 3 aromatic rings. The van der Waals surface area contributed by atoms with Gasteiger partial charge in [-0.1, -0.05) is 23.9 Å². The second-order valence-electron chi connectivity index (χ2n) is 7.08. The van der Waals surface area contributed by atoms with Crippen molar-refractivity contribution in [1.82, 2.24) is 14.9 Å². The van der Waals surface area contributed by atoms with Gasteiger partial charge in [0.25, 0.3) is 0 Å². The first-order chi connectivity index (χ1) is 16.4. The molecule has 3 rings (SSSR count). The Bertz CT molecular complexity index is 1140. The van der Waals surface area contributed by atoms with Crippen molar-refractivity contribution in [2.45, 2.75) is 24.9 Å². The van der Waals surface area contributed by atoms with E-state index in [0.717, 1.165) is 17.3 Å². The lowest BCUT2D eigenvalue weighted by molar-refractivity contribution is -0.122. The van der Waals surface area contributed by atoms with E-state index in [1.165, 1.54) is 32.5 Å². The molecular formula is C23H25FN4O5S. The fourth-order valence-electron chi connectivity index (χ4n) is 3.02. The highest BCUT2D eigenvalue weighted by Gasteiger charge is 2.16. The van der Waals surface area contributed by atoms with Gasteiger partial charge in [0.1, 0.15) is 23.9 Å². The van der Waals surface area contributed by atoms with Gasteiger partial charge in [0.05, 0.1) is 44.2 Å². The molecule has 0 bridgehead atoms. The van der Waals surface area contributed by atoms with Crippen molar-refractivity contribution in [3.63, 3.8) is 0 Å². The Hall–Kier alpha value is -3.57. The number of carbonyl (C=O) groups is 2. The third-order valence-electron chi connectivity index (χ3n) is 4.78. The van der Waals surface area contributed by atoms with Crippen LogP contribution in [0.3, 0.4) is 0 Å². The van der Waals surface area contributed by atoms with Crippen LogP contribution >= 0.6 is 11.8 Å². The molecule has 0 fully saturated rings. The first kappa shape index (κ1) is 25.1. The van der Waals surface area contributed by atoms with Crippen LogP contribution in [0.4, 0.5) is 10.1 Å². The summed E-state index contributed by atoms with van der Waals surface area (Å²) in [5.41, 5.74) is 1.69. The lowest BCUT2D eigenvalue weighted by atomic mass is 10.2. The molecule has 0 saturated heterocycles. The normalized spacial score (nSPS) is 10.6. The van der Waals surface area contributed by atoms with Gasteiger partial charge in [0.2, 0.25) is 11.8 Å². The third-order valence-corrected chi connectivity index (χ3v) is 5.77. The van der Waals surface area contributed by atoms with Crippen LogP contribution in [0.1, 0.15) is 11.3 Å². The molecule has 0 unspecified atom stereocenters. The average molecular weight is 489 g/mol. The van der Waals surface area contributed by atoms with Crippen LogP contribution < -0.4 is 20.1 Å². The number of hydrogen-bond donors (Lipinski definition) is 3. The summed E-state index contributed by atoms with van der Waals surface area (Å²) in [5.74, 6) is 0.117. The minimum absolute atomic E-state index is 0.0221. The van der Waals surface area contributed by atoms with Gasteiger partial charge < -0.3 is 29.8 Å². The molecule has 2 amide bonds. The number of anilines is 1. The fraction of sp³-hybridized carbons (Fsp3) is 0.261. The minimum atomic E-state index is -0.350. The molecule has 0 saturated carbocycles. The Morgan fingerprint density at radius 1 is 1.12 bits per heavy atom. The zero-order chi connectivity index (χ0) is 24.5. The molecule has 34 heavy (non-hydrogen) atoms. The maximum absolute atomic E-state index is 13.0. The molecule has 9 nitrogen and oxygen atoms in total. The van der Waals surface area contributed by atoms with Crippen molar-refractivity contribution < 1.29 is 28.6 Å². The standard InChI is InChI=1S/C23H25FN4O5S/c1-32-18-7-8-19(20(9-18)33-2)27-22(31)14-34-23-26-11-17(13-29)28(23)12-21(30)25-10-15-3-5-16(24)6-4-15/h3-9,11,29H,10,12-14H2,1-2H3,(H,25,30)(H,27,31). The van der Waals surface area contributed by atoms with E-state index in [0.29, 0.717) is 28.0 Å². The number of carbonyl (C=O) groups excluding carboxylic acids is 2. The topological polar surface area (TPSA) is 115 Å². The maximum Gasteiger partial charge on any atom is 0.240 e. The number of aliphatic hydroxyl groups is 1. The summed E-state index contributed by atoms with van der Waals surface area (Å²) in [6.07, 6.45) is 1.46. The summed E-state index contributed by atoms with van der Waals surface area (Å²) in [6.45, 7) is -0.168. The predicted molar refractivity (Wildman–Crippen MR) is 125 cm³/mol. The molecule has 180 valence electrons. The Kier molecular flexibility index (Phi) is 8.88. The largest absolute Gasteiger partial charge is 0.497 e. The van der Waals surface area contributed by atoms with Gasteiger partial charge in [0.15, 0.2) is 5.16 Å². The van der Waals surface area contributed by atoms with Crippen LogP contribution in [0.5, 0.6) is 11.5 Å². The monoisotopic (exact) mass is 488 g/mol. The van der Waals surface area contributed by atoms with Gasteiger partial charge in [-0.15, -0.1) is 0 Å².